The van der Waals surface area contributed by atoms with Crippen LogP contribution in [0.25, 0.3) is 0 Å². The second-order valence-corrected chi connectivity index (χ2v) is 7.06. The van der Waals surface area contributed by atoms with Crippen molar-refractivity contribution in [2.75, 3.05) is 26.6 Å². The number of anilines is 1. The first-order valence-electron chi connectivity index (χ1n) is 10.1. The van der Waals surface area contributed by atoms with Gasteiger partial charge in [0.05, 0.1) is 27.5 Å². The van der Waals surface area contributed by atoms with E-state index >= 15 is 0 Å². The van der Waals surface area contributed by atoms with Crippen molar-refractivity contribution in [2.24, 2.45) is 5.10 Å². The first-order chi connectivity index (χ1) is 15.9. The molecule has 0 radical (unpaired) electrons. The van der Waals surface area contributed by atoms with Gasteiger partial charge >= 0.3 is 0 Å². The molecule has 2 N–H and O–H groups in total. The molecule has 3 aromatic rings. The molecule has 0 aromatic heterocycles. The molecule has 170 valence electrons. The maximum absolute atomic E-state index is 12.5. The Labute approximate surface area is 192 Å². The normalized spacial score (nSPS) is 10.5. The average Bonchev–Trinajstić information content (AvgIpc) is 2.83. The summed E-state index contributed by atoms with van der Waals surface area (Å²) < 4.78 is 15.9. The van der Waals surface area contributed by atoms with Crippen LogP contribution < -0.4 is 25.0 Å². The van der Waals surface area contributed by atoms with Crippen LogP contribution in [0.15, 0.2) is 65.8 Å². The van der Waals surface area contributed by atoms with E-state index in [9.17, 15) is 9.59 Å². The van der Waals surface area contributed by atoms with Crippen LogP contribution in [0.2, 0.25) is 0 Å². The number of nitrogens with zero attached hydrogens (tertiary/aromatic N) is 1. The zero-order chi connectivity index (χ0) is 23.8. The molecule has 0 aliphatic rings. The molecule has 0 heterocycles. The lowest BCUT2D eigenvalue weighted by atomic mass is 10.1. The van der Waals surface area contributed by atoms with Gasteiger partial charge in [-0.25, -0.2) is 5.43 Å². The highest BCUT2D eigenvalue weighted by Gasteiger charge is 2.13. The van der Waals surface area contributed by atoms with E-state index in [0.717, 1.165) is 5.56 Å². The second-order valence-electron chi connectivity index (χ2n) is 7.06. The van der Waals surface area contributed by atoms with Gasteiger partial charge in [0.2, 0.25) is 5.75 Å². The minimum Gasteiger partial charge on any atom is -0.493 e. The van der Waals surface area contributed by atoms with E-state index in [-0.39, 0.29) is 5.91 Å². The zero-order valence-electron chi connectivity index (χ0n) is 18.8. The van der Waals surface area contributed by atoms with Crippen LogP contribution in [0, 0.1) is 6.92 Å². The molecule has 3 rings (SSSR count). The number of benzene rings is 3. The fraction of sp³-hybridized carbons (Fsp3) is 0.160. The molecule has 2 amide bonds. The van der Waals surface area contributed by atoms with Gasteiger partial charge in [-0.15, -0.1) is 0 Å². The second kappa shape index (κ2) is 10.8. The van der Waals surface area contributed by atoms with Crippen molar-refractivity contribution in [3.8, 4) is 17.2 Å². The van der Waals surface area contributed by atoms with Crippen molar-refractivity contribution < 1.29 is 23.8 Å². The summed E-state index contributed by atoms with van der Waals surface area (Å²) in [5, 5.41) is 6.80. The van der Waals surface area contributed by atoms with E-state index in [0.29, 0.717) is 39.6 Å². The highest BCUT2D eigenvalue weighted by molar-refractivity contribution is 6.05. The molecule has 0 saturated carbocycles. The number of rotatable bonds is 8. The van der Waals surface area contributed by atoms with E-state index in [1.54, 1.807) is 48.5 Å². The number of hydrazone groups is 1. The van der Waals surface area contributed by atoms with E-state index in [4.69, 9.17) is 14.2 Å². The molecule has 0 spiro atoms. The van der Waals surface area contributed by atoms with E-state index in [1.807, 2.05) is 19.1 Å². The lowest BCUT2D eigenvalue weighted by Crippen LogP contribution is -2.18. The standard InChI is InChI=1S/C25H25N3O5/c1-16-8-10-18(11-9-16)24(29)27-20-7-5-6-19(14-20)25(30)28-26-15-17-12-21(31-2)23(33-4)22(13-17)32-3/h5-15H,1-4H3,(H,27,29)(H,28,30)/b26-15-. The molecule has 0 unspecified atom stereocenters. The fourth-order valence-corrected chi connectivity index (χ4v) is 3.05. The lowest BCUT2D eigenvalue weighted by molar-refractivity contribution is 0.0953. The van der Waals surface area contributed by atoms with Crippen molar-refractivity contribution in [3.05, 3.63) is 82.9 Å². The molecule has 0 aliphatic carbocycles. The van der Waals surface area contributed by atoms with Gasteiger partial charge in [0.25, 0.3) is 11.8 Å². The molecule has 3 aromatic carbocycles. The van der Waals surface area contributed by atoms with Crippen molar-refractivity contribution in [1.29, 1.82) is 0 Å². The molecule has 33 heavy (non-hydrogen) atoms. The highest BCUT2D eigenvalue weighted by Crippen LogP contribution is 2.37. The number of nitrogens with one attached hydrogen (secondary N) is 2. The summed E-state index contributed by atoms with van der Waals surface area (Å²) in [5.41, 5.74) is 5.56. The third-order valence-corrected chi connectivity index (χ3v) is 4.76. The smallest absolute Gasteiger partial charge is 0.271 e. The molecule has 0 fully saturated rings. The number of carbonyl (C=O) groups is 2. The summed E-state index contributed by atoms with van der Waals surface area (Å²) in [4.78, 5) is 24.9. The van der Waals surface area contributed by atoms with E-state index in [1.165, 1.54) is 27.5 Å². The number of aryl methyl sites for hydroxylation is 1. The number of ether oxygens (including phenoxy) is 3. The third-order valence-electron chi connectivity index (χ3n) is 4.76. The number of hydrogen-bond acceptors (Lipinski definition) is 6. The van der Waals surface area contributed by atoms with Gasteiger partial charge in [0.1, 0.15) is 0 Å². The minimum absolute atomic E-state index is 0.257. The third kappa shape index (κ3) is 5.88. The zero-order valence-corrected chi connectivity index (χ0v) is 18.8. The van der Waals surface area contributed by atoms with Crippen LogP contribution >= 0.6 is 0 Å². The molecule has 0 saturated heterocycles. The quantitative estimate of drug-likeness (QED) is 0.401. The molecule has 0 atom stereocenters. The number of methoxy groups -OCH3 is 3. The Morgan fingerprint density at radius 3 is 2.09 bits per heavy atom. The summed E-state index contributed by atoms with van der Waals surface area (Å²) in [5.74, 6) is 0.729. The Balaban J connectivity index is 1.68. The van der Waals surface area contributed by atoms with Crippen LogP contribution in [-0.4, -0.2) is 39.4 Å². The number of amides is 2. The van der Waals surface area contributed by atoms with Crippen LogP contribution in [0.4, 0.5) is 5.69 Å². The van der Waals surface area contributed by atoms with Crippen LogP contribution in [-0.2, 0) is 0 Å². The Morgan fingerprint density at radius 2 is 1.48 bits per heavy atom. The van der Waals surface area contributed by atoms with Crippen LogP contribution in [0.1, 0.15) is 31.8 Å². The molecule has 8 heteroatoms. The summed E-state index contributed by atoms with van der Waals surface area (Å²) in [6, 6.07) is 17.2. The van der Waals surface area contributed by atoms with Gasteiger partial charge in [-0.2, -0.15) is 5.10 Å². The van der Waals surface area contributed by atoms with Crippen molar-refractivity contribution in [1.82, 2.24) is 5.43 Å². The molecular formula is C25H25N3O5. The average molecular weight is 447 g/mol. The van der Waals surface area contributed by atoms with Gasteiger partial charge in [0, 0.05) is 22.4 Å². The molecule has 0 aliphatic heterocycles. The Kier molecular flexibility index (Phi) is 7.64. The summed E-state index contributed by atoms with van der Waals surface area (Å²) >= 11 is 0. The highest BCUT2D eigenvalue weighted by atomic mass is 16.5. The van der Waals surface area contributed by atoms with E-state index in [2.05, 4.69) is 15.8 Å². The van der Waals surface area contributed by atoms with Gasteiger partial charge < -0.3 is 19.5 Å². The first-order valence-corrected chi connectivity index (χ1v) is 10.1. The Hall–Kier alpha value is -4.33. The fourth-order valence-electron chi connectivity index (χ4n) is 3.05. The van der Waals surface area contributed by atoms with Gasteiger partial charge in [-0.3, -0.25) is 9.59 Å². The van der Waals surface area contributed by atoms with Crippen LogP contribution in [0.3, 0.4) is 0 Å². The van der Waals surface area contributed by atoms with Gasteiger partial charge in [-0.05, 0) is 49.4 Å². The largest absolute Gasteiger partial charge is 0.493 e. The molecule has 0 bridgehead atoms. The Bertz CT molecular complexity index is 1150. The summed E-state index contributed by atoms with van der Waals surface area (Å²) in [7, 11) is 4.56. The lowest BCUT2D eigenvalue weighted by Gasteiger charge is -2.12. The van der Waals surface area contributed by atoms with Crippen LogP contribution in [0.5, 0.6) is 17.2 Å². The van der Waals surface area contributed by atoms with Crippen molar-refractivity contribution in [3.63, 3.8) is 0 Å². The number of carbonyl (C=O) groups excluding carboxylic acids is 2. The summed E-state index contributed by atoms with van der Waals surface area (Å²) in [6.45, 7) is 1.95. The first kappa shape index (κ1) is 23.3. The Morgan fingerprint density at radius 1 is 0.818 bits per heavy atom. The van der Waals surface area contributed by atoms with Gasteiger partial charge in [-0.1, -0.05) is 23.8 Å². The monoisotopic (exact) mass is 447 g/mol. The van der Waals surface area contributed by atoms with E-state index < -0.39 is 5.91 Å². The minimum atomic E-state index is -0.426. The van der Waals surface area contributed by atoms with Gasteiger partial charge in [0.15, 0.2) is 11.5 Å². The molecule has 8 nitrogen and oxygen atoms in total. The van der Waals surface area contributed by atoms with Crippen molar-refractivity contribution in [2.45, 2.75) is 6.92 Å². The maximum Gasteiger partial charge on any atom is 0.271 e. The maximum atomic E-state index is 12.5. The summed E-state index contributed by atoms with van der Waals surface area (Å²) in [6.07, 6.45) is 1.46. The van der Waals surface area contributed by atoms with Crippen molar-refractivity contribution >= 4 is 23.7 Å². The molecular weight excluding hydrogens is 422 g/mol. The number of hydrogen-bond donors (Lipinski definition) is 2. The SMILES string of the molecule is COc1cc(/C=N\NC(=O)c2cccc(NC(=O)c3ccc(C)cc3)c2)cc(OC)c1OC. The topological polar surface area (TPSA) is 98.2 Å². The predicted molar refractivity (Wildman–Crippen MR) is 127 cm³/mol. The predicted octanol–water partition coefficient (Wildman–Crippen LogP) is 4.04.